The largest absolute Gasteiger partial charge is 0.444 e. The number of nitrogens with one attached hydrogen (secondary N) is 1. The first-order valence-corrected chi connectivity index (χ1v) is 7.96. The van der Waals surface area contributed by atoms with Gasteiger partial charge in [-0.3, -0.25) is 4.98 Å². The van der Waals surface area contributed by atoms with Crippen molar-refractivity contribution in [3.05, 3.63) is 30.1 Å². The lowest BCUT2D eigenvalue weighted by Crippen LogP contribution is -2.36. The summed E-state index contributed by atoms with van der Waals surface area (Å²) in [7, 11) is 0. The third-order valence-corrected chi connectivity index (χ3v) is 3.83. The maximum atomic E-state index is 12.0. The molecule has 0 aromatic carbocycles. The number of aromatic nitrogens is 1. The maximum absolute atomic E-state index is 12.0. The van der Waals surface area contributed by atoms with Crippen LogP contribution in [0.2, 0.25) is 0 Å². The van der Waals surface area contributed by atoms with Gasteiger partial charge in [0.15, 0.2) is 0 Å². The summed E-state index contributed by atoms with van der Waals surface area (Å²) >= 11 is 0. The minimum absolute atomic E-state index is 0.199. The van der Waals surface area contributed by atoms with Crippen molar-refractivity contribution in [3.63, 3.8) is 0 Å². The molecular formula is C17H27N3O2. The summed E-state index contributed by atoms with van der Waals surface area (Å²) in [4.78, 5) is 18.0. The van der Waals surface area contributed by atoms with Crippen LogP contribution in [-0.4, -0.2) is 41.2 Å². The zero-order valence-corrected chi connectivity index (χ0v) is 14.0. The quantitative estimate of drug-likeness (QED) is 0.929. The van der Waals surface area contributed by atoms with Crippen molar-refractivity contribution in [1.82, 2.24) is 15.2 Å². The van der Waals surface area contributed by atoms with E-state index in [0.717, 1.165) is 26.1 Å². The molecule has 2 heterocycles. The molecule has 1 N–H and O–H groups in total. The molecule has 1 aromatic rings. The lowest BCUT2D eigenvalue weighted by Gasteiger charge is -2.24. The van der Waals surface area contributed by atoms with Crippen LogP contribution in [0.3, 0.4) is 0 Å². The van der Waals surface area contributed by atoms with Crippen molar-refractivity contribution < 1.29 is 9.53 Å². The Kier molecular flexibility index (Phi) is 5.40. The minimum atomic E-state index is -0.428. The van der Waals surface area contributed by atoms with E-state index >= 15 is 0 Å². The summed E-state index contributed by atoms with van der Waals surface area (Å²) < 4.78 is 5.42. The molecule has 1 aliphatic heterocycles. The first kappa shape index (κ1) is 16.7. The van der Waals surface area contributed by atoms with E-state index in [-0.39, 0.29) is 12.1 Å². The second-order valence-corrected chi connectivity index (χ2v) is 7.00. The van der Waals surface area contributed by atoms with Crippen molar-refractivity contribution in [2.24, 2.45) is 5.92 Å². The molecule has 1 aromatic heterocycles. The van der Waals surface area contributed by atoms with E-state index in [9.17, 15) is 4.79 Å². The first-order valence-electron chi connectivity index (χ1n) is 7.96. The molecule has 1 fully saturated rings. The van der Waals surface area contributed by atoms with E-state index < -0.39 is 5.60 Å². The average molecular weight is 305 g/mol. The molecular weight excluding hydrogens is 278 g/mol. The van der Waals surface area contributed by atoms with Crippen molar-refractivity contribution in [2.45, 2.75) is 45.8 Å². The molecule has 0 aliphatic carbocycles. The number of carbonyl (C=O) groups excluding carboxylic acids is 1. The van der Waals surface area contributed by atoms with Crippen molar-refractivity contribution >= 4 is 6.09 Å². The third kappa shape index (κ3) is 4.98. The number of pyridine rings is 1. The number of amides is 1. The van der Waals surface area contributed by atoms with E-state index in [1.54, 1.807) is 6.20 Å². The summed E-state index contributed by atoms with van der Waals surface area (Å²) in [5.41, 5.74) is 0.756. The summed E-state index contributed by atoms with van der Waals surface area (Å²) in [6, 6.07) is 4.30. The predicted octanol–water partition coefficient (Wildman–Crippen LogP) is 2.99. The van der Waals surface area contributed by atoms with Gasteiger partial charge in [-0.2, -0.15) is 0 Å². The number of ether oxygens (including phenoxy) is 1. The van der Waals surface area contributed by atoms with Gasteiger partial charge < -0.3 is 15.0 Å². The highest BCUT2D eigenvalue weighted by atomic mass is 16.6. The molecule has 2 atom stereocenters. The highest BCUT2D eigenvalue weighted by Crippen LogP contribution is 2.20. The molecule has 122 valence electrons. The van der Waals surface area contributed by atoms with Crippen LogP contribution in [0, 0.1) is 5.92 Å². The number of likely N-dealkylation sites (tertiary alicyclic amines) is 1. The van der Waals surface area contributed by atoms with E-state index in [4.69, 9.17) is 4.74 Å². The first-order chi connectivity index (χ1) is 10.3. The van der Waals surface area contributed by atoms with E-state index in [0.29, 0.717) is 5.92 Å². The minimum Gasteiger partial charge on any atom is -0.444 e. The normalized spacial score (nSPS) is 20.0. The molecule has 5 heteroatoms. The van der Waals surface area contributed by atoms with Gasteiger partial charge >= 0.3 is 6.09 Å². The fraction of sp³-hybridized carbons (Fsp3) is 0.647. The standard InChI is InChI=1S/C17H27N3O2/c1-13(15-6-5-8-18-11-15)19-10-14-7-9-20(12-14)16(21)22-17(2,3)4/h5-6,8,11,13-14,19H,7,9-10,12H2,1-4H3. The average Bonchev–Trinajstić information content (AvgIpc) is 2.93. The molecule has 5 nitrogen and oxygen atoms in total. The summed E-state index contributed by atoms with van der Waals surface area (Å²) in [6.07, 6.45) is 4.49. The van der Waals surface area contributed by atoms with Gasteiger partial charge in [-0.05, 0) is 51.7 Å². The molecule has 1 aliphatic rings. The van der Waals surface area contributed by atoms with Crippen LogP contribution in [0.25, 0.3) is 0 Å². The fourth-order valence-electron chi connectivity index (χ4n) is 2.58. The van der Waals surface area contributed by atoms with Crippen LogP contribution in [0.5, 0.6) is 0 Å². The highest BCUT2D eigenvalue weighted by Gasteiger charge is 2.29. The second-order valence-electron chi connectivity index (χ2n) is 7.00. The van der Waals surface area contributed by atoms with Crippen molar-refractivity contribution in [3.8, 4) is 0 Å². The van der Waals surface area contributed by atoms with Crippen LogP contribution in [0.15, 0.2) is 24.5 Å². The number of hydrogen-bond donors (Lipinski definition) is 1. The Labute approximate surface area is 133 Å². The van der Waals surface area contributed by atoms with Gasteiger partial charge in [-0.1, -0.05) is 6.07 Å². The lowest BCUT2D eigenvalue weighted by molar-refractivity contribution is 0.0288. The zero-order chi connectivity index (χ0) is 16.2. The van der Waals surface area contributed by atoms with Crippen molar-refractivity contribution in [1.29, 1.82) is 0 Å². The molecule has 1 saturated heterocycles. The molecule has 0 radical (unpaired) electrons. The van der Waals surface area contributed by atoms with E-state index in [1.165, 1.54) is 5.56 Å². The third-order valence-electron chi connectivity index (χ3n) is 3.83. The number of rotatable bonds is 4. The van der Waals surface area contributed by atoms with Crippen LogP contribution in [0.1, 0.15) is 45.7 Å². The second kappa shape index (κ2) is 7.09. The number of nitrogens with zero attached hydrogens (tertiary/aromatic N) is 2. The SMILES string of the molecule is CC(NCC1CCN(C(=O)OC(C)(C)C)C1)c1cccnc1. The topological polar surface area (TPSA) is 54.5 Å². The predicted molar refractivity (Wildman–Crippen MR) is 86.6 cm³/mol. The van der Waals surface area contributed by atoms with Crippen LogP contribution in [-0.2, 0) is 4.74 Å². The fourth-order valence-corrected chi connectivity index (χ4v) is 2.58. The monoisotopic (exact) mass is 305 g/mol. The van der Waals surface area contributed by atoms with Gasteiger partial charge in [0.25, 0.3) is 0 Å². The van der Waals surface area contributed by atoms with Crippen LogP contribution >= 0.6 is 0 Å². The van der Waals surface area contributed by atoms with Crippen LogP contribution < -0.4 is 5.32 Å². The Morgan fingerprint density at radius 1 is 1.55 bits per heavy atom. The van der Waals surface area contributed by atoms with Gasteiger partial charge in [-0.15, -0.1) is 0 Å². The molecule has 0 spiro atoms. The Hall–Kier alpha value is -1.62. The van der Waals surface area contributed by atoms with E-state index in [2.05, 4.69) is 23.3 Å². The summed E-state index contributed by atoms with van der Waals surface area (Å²) in [6.45, 7) is 10.3. The van der Waals surface area contributed by atoms with Gasteiger partial charge in [-0.25, -0.2) is 4.79 Å². The van der Waals surface area contributed by atoms with Gasteiger partial charge in [0.2, 0.25) is 0 Å². The summed E-state index contributed by atoms with van der Waals surface area (Å²) in [5, 5.41) is 3.53. The van der Waals surface area contributed by atoms with E-state index in [1.807, 2.05) is 37.9 Å². The van der Waals surface area contributed by atoms with Crippen LogP contribution in [0.4, 0.5) is 4.79 Å². The number of carbonyl (C=O) groups is 1. The molecule has 2 unspecified atom stereocenters. The maximum Gasteiger partial charge on any atom is 0.410 e. The summed E-state index contributed by atoms with van der Waals surface area (Å²) in [5.74, 6) is 0.478. The molecule has 0 saturated carbocycles. The molecule has 1 amide bonds. The van der Waals surface area contributed by atoms with Gasteiger partial charge in [0.05, 0.1) is 0 Å². The molecule has 0 bridgehead atoms. The zero-order valence-electron chi connectivity index (χ0n) is 14.0. The lowest BCUT2D eigenvalue weighted by atomic mass is 10.1. The van der Waals surface area contributed by atoms with Gasteiger partial charge in [0, 0.05) is 38.1 Å². The Bertz CT molecular complexity index is 484. The highest BCUT2D eigenvalue weighted by molar-refractivity contribution is 5.68. The number of hydrogen-bond acceptors (Lipinski definition) is 4. The molecule has 22 heavy (non-hydrogen) atoms. The Morgan fingerprint density at radius 3 is 2.95 bits per heavy atom. The van der Waals surface area contributed by atoms with Crippen molar-refractivity contribution in [2.75, 3.05) is 19.6 Å². The van der Waals surface area contributed by atoms with Gasteiger partial charge in [0.1, 0.15) is 5.60 Å². The Morgan fingerprint density at radius 2 is 2.32 bits per heavy atom. The Balaban J connectivity index is 1.76. The molecule has 2 rings (SSSR count). The smallest absolute Gasteiger partial charge is 0.410 e.